The first-order valence-corrected chi connectivity index (χ1v) is 6.96. The first kappa shape index (κ1) is 12.0. The first-order valence-electron chi connectivity index (χ1n) is 6.23. The van der Waals surface area contributed by atoms with Crippen molar-refractivity contribution in [3.63, 3.8) is 0 Å². The Bertz CT molecular complexity index is 587. The Kier molecular flexibility index (Phi) is 2.34. The molecule has 4 heterocycles. The molecule has 1 aromatic heterocycles. The van der Waals surface area contributed by atoms with E-state index >= 15 is 0 Å². The molecule has 0 radical (unpaired) electrons. The lowest BCUT2D eigenvalue weighted by molar-refractivity contribution is -0.248. The lowest BCUT2D eigenvalue weighted by Crippen LogP contribution is -2.50. The normalized spacial score (nSPS) is 33.5. The largest absolute Gasteiger partial charge is 0.479 e. The third-order valence-corrected chi connectivity index (χ3v) is 4.67. The maximum atomic E-state index is 11.5. The Morgan fingerprint density at radius 3 is 2.80 bits per heavy atom. The summed E-state index contributed by atoms with van der Waals surface area (Å²) in [5, 5.41) is 0. The molecule has 0 N–H and O–H groups in total. The summed E-state index contributed by atoms with van der Waals surface area (Å²) < 4.78 is 24.1. The van der Waals surface area contributed by atoms with E-state index < -0.39 is 17.8 Å². The van der Waals surface area contributed by atoms with Crippen LogP contribution in [0.15, 0.2) is 0 Å². The molecule has 0 aliphatic carbocycles. The molecule has 0 amide bonds. The number of carbonyl (C=O) groups excluding carboxylic acids is 2. The Labute approximate surface area is 117 Å². The number of fused-ring (bicyclic) bond motifs is 3. The number of aromatic nitrogens is 2. The summed E-state index contributed by atoms with van der Waals surface area (Å²) in [4.78, 5) is 24.9. The number of nitrogens with zero attached hydrogens (tertiary/aromatic N) is 3. The van der Waals surface area contributed by atoms with Gasteiger partial charge in [0.2, 0.25) is 5.88 Å². The van der Waals surface area contributed by atoms with Gasteiger partial charge in [0.05, 0.1) is 18.8 Å². The van der Waals surface area contributed by atoms with Crippen molar-refractivity contribution in [2.75, 3.05) is 20.2 Å². The second-order valence-corrected chi connectivity index (χ2v) is 5.57. The van der Waals surface area contributed by atoms with Gasteiger partial charge >= 0.3 is 17.8 Å². The number of hydrogen-bond donors (Lipinski definition) is 0. The molecule has 20 heavy (non-hydrogen) atoms. The molecular formula is C11H11N3O5S. The van der Waals surface area contributed by atoms with Gasteiger partial charge < -0.3 is 14.2 Å². The van der Waals surface area contributed by atoms with Crippen LogP contribution in [0.25, 0.3) is 0 Å². The fourth-order valence-corrected chi connectivity index (χ4v) is 3.94. The van der Waals surface area contributed by atoms with Crippen LogP contribution in [-0.2, 0) is 19.1 Å². The van der Waals surface area contributed by atoms with Gasteiger partial charge in [-0.1, -0.05) is 0 Å². The molecule has 8 nitrogen and oxygen atoms in total. The maximum Gasteiger partial charge on any atom is 0.421 e. The molecule has 0 aromatic carbocycles. The van der Waals surface area contributed by atoms with Gasteiger partial charge in [-0.3, -0.25) is 0 Å². The highest BCUT2D eigenvalue weighted by Crippen LogP contribution is 2.55. The molecule has 1 aromatic rings. The van der Waals surface area contributed by atoms with Crippen LogP contribution >= 0.6 is 11.7 Å². The minimum atomic E-state index is -1.36. The number of piperidine rings is 1. The summed E-state index contributed by atoms with van der Waals surface area (Å²) in [6.45, 7) is 1.42. The van der Waals surface area contributed by atoms with Crippen LogP contribution in [0.4, 0.5) is 0 Å². The first-order chi connectivity index (χ1) is 9.65. The number of carbonyl (C=O) groups is 2. The zero-order chi connectivity index (χ0) is 13.9. The molecule has 0 saturated carbocycles. The molecule has 3 aliphatic rings. The molecule has 106 valence electrons. The summed E-state index contributed by atoms with van der Waals surface area (Å²) in [5.74, 6) is -3.02. The van der Waals surface area contributed by atoms with Crippen molar-refractivity contribution in [1.29, 1.82) is 0 Å². The lowest BCUT2D eigenvalue weighted by Gasteiger charge is -2.36. The fraction of sp³-hybridized carbons (Fsp3) is 0.636. The van der Waals surface area contributed by atoms with Gasteiger partial charge in [-0.2, -0.15) is 4.37 Å². The van der Waals surface area contributed by atoms with Gasteiger partial charge in [0.15, 0.2) is 0 Å². The van der Waals surface area contributed by atoms with Crippen LogP contribution < -0.4 is 4.74 Å². The van der Waals surface area contributed by atoms with Crippen molar-refractivity contribution in [1.82, 2.24) is 13.6 Å². The van der Waals surface area contributed by atoms with Crippen molar-refractivity contribution in [3.8, 4) is 5.88 Å². The van der Waals surface area contributed by atoms with Crippen molar-refractivity contribution >= 4 is 23.7 Å². The second kappa shape index (κ2) is 3.89. The van der Waals surface area contributed by atoms with E-state index in [9.17, 15) is 9.59 Å². The van der Waals surface area contributed by atoms with Crippen LogP contribution in [0, 0.1) is 5.92 Å². The van der Waals surface area contributed by atoms with E-state index in [1.807, 2.05) is 4.90 Å². The Morgan fingerprint density at radius 1 is 1.35 bits per heavy atom. The minimum Gasteiger partial charge on any atom is -0.479 e. The highest BCUT2D eigenvalue weighted by molar-refractivity contribution is 6.99. The maximum absolute atomic E-state index is 11.5. The molecule has 3 aliphatic heterocycles. The third kappa shape index (κ3) is 1.33. The molecule has 4 rings (SSSR count). The molecule has 9 heteroatoms. The van der Waals surface area contributed by atoms with E-state index in [0.717, 1.165) is 24.7 Å². The van der Waals surface area contributed by atoms with Crippen molar-refractivity contribution in [3.05, 3.63) is 5.69 Å². The van der Waals surface area contributed by atoms with E-state index in [4.69, 9.17) is 14.2 Å². The molecule has 2 bridgehead atoms. The summed E-state index contributed by atoms with van der Waals surface area (Å²) in [5.41, 5.74) is 0.590. The molecule has 3 saturated heterocycles. The standard InChI is InChI=1S/C11H11N3O5S/c1-17-8-7(12-20-13-8)6-5-2-3-14(4-5)11(6)18-9(15)10(16)19-11/h5-6H,2-4H2,1H3. The molecule has 3 fully saturated rings. The third-order valence-electron chi connectivity index (χ3n) is 4.14. The Balaban J connectivity index is 1.81. The van der Waals surface area contributed by atoms with Crippen molar-refractivity contribution in [2.24, 2.45) is 5.92 Å². The second-order valence-electron chi connectivity index (χ2n) is 5.04. The van der Waals surface area contributed by atoms with Crippen molar-refractivity contribution < 1.29 is 23.8 Å². The van der Waals surface area contributed by atoms with Gasteiger partial charge in [-0.05, 0) is 12.3 Å². The minimum absolute atomic E-state index is 0.200. The number of rotatable bonds is 2. The summed E-state index contributed by atoms with van der Waals surface area (Å²) in [6.07, 6.45) is 0.933. The van der Waals surface area contributed by atoms with Crippen molar-refractivity contribution in [2.45, 2.75) is 18.2 Å². The molecule has 3 unspecified atom stereocenters. The van der Waals surface area contributed by atoms with Gasteiger partial charge in [0.25, 0.3) is 0 Å². The summed E-state index contributed by atoms with van der Waals surface area (Å²) in [6, 6.07) is 0. The number of hydrogen-bond acceptors (Lipinski definition) is 9. The molecular weight excluding hydrogens is 286 g/mol. The topological polar surface area (TPSA) is 90.9 Å². The van der Waals surface area contributed by atoms with E-state index in [-0.39, 0.29) is 11.8 Å². The predicted molar refractivity (Wildman–Crippen MR) is 63.8 cm³/mol. The van der Waals surface area contributed by atoms with Crippen LogP contribution in [0.3, 0.4) is 0 Å². The number of ether oxygens (including phenoxy) is 3. The Morgan fingerprint density at radius 2 is 2.10 bits per heavy atom. The molecule has 3 atom stereocenters. The molecule has 1 spiro atoms. The highest BCUT2D eigenvalue weighted by Gasteiger charge is 2.68. The zero-order valence-corrected chi connectivity index (χ0v) is 11.4. The quantitative estimate of drug-likeness (QED) is 0.544. The zero-order valence-electron chi connectivity index (χ0n) is 10.6. The summed E-state index contributed by atoms with van der Waals surface area (Å²) >= 11 is 1.02. The van der Waals surface area contributed by atoms with Crippen LogP contribution in [0.2, 0.25) is 0 Å². The van der Waals surface area contributed by atoms with Gasteiger partial charge in [-0.25, -0.2) is 14.5 Å². The van der Waals surface area contributed by atoms with E-state index in [1.165, 1.54) is 7.11 Å². The van der Waals surface area contributed by atoms with E-state index in [2.05, 4.69) is 8.75 Å². The van der Waals surface area contributed by atoms with Crippen LogP contribution in [0.5, 0.6) is 5.88 Å². The average molecular weight is 297 g/mol. The van der Waals surface area contributed by atoms with Crippen LogP contribution in [-0.4, -0.2) is 51.7 Å². The average Bonchev–Trinajstić information content (AvgIpc) is 3.15. The van der Waals surface area contributed by atoms with Crippen LogP contribution in [0.1, 0.15) is 18.0 Å². The highest BCUT2D eigenvalue weighted by atomic mass is 32.1. The lowest BCUT2D eigenvalue weighted by atomic mass is 9.86. The smallest absolute Gasteiger partial charge is 0.421 e. The van der Waals surface area contributed by atoms with E-state index in [0.29, 0.717) is 18.1 Å². The Hall–Kier alpha value is -1.74. The number of methoxy groups -OCH3 is 1. The predicted octanol–water partition coefficient (Wildman–Crippen LogP) is -0.280. The number of esters is 2. The van der Waals surface area contributed by atoms with Gasteiger partial charge in [0.1, 0.15) is 11.6 Å². The fourth-order valence-electron chi connectivity index (χ4n) is 3.38. The van der Waals surface area contributed by atoms with Gasteiger partial charge in [0, 0.05) is 13.1 Å². The van der Waals surface area contributed by atoms with Gasteiger partial charge in [-0.15, -0.1) is 4.37 Å². The monoisotopic (exact) mass is 297 g/mol. The summed E-state index contributed by atoms with van der Waals surface area (Å²) in [7, 11) is 1.51. The SMILES string of the molecule is COc1nsnc1C1C2CCN(C2)C12OC(=O)C(=O)O2. The van der Waals surface area contributed by atoms with E-state index in [1.54, 1.807) is 0 Å².